The second-order valence-electron chi connectivity index (χ2n) is 9.30. The Morgan fingerprint density at radius 1 is 0.906 bits per heavy atom. The normalized spacial score (nSPS) is 17.7. The highest BCUT2D eigenvalue weighted by molar-refractivity contribution is 6.45. The standard InChI is InChI=1S/C27H32N2O3/c1-17(2)32-23-10-7-21(8-11-23)24-25(28-14-12-18(3)13-15-28)27(31)29(26(24)30)22-9-6-19(4)20(5)16-22/h6-11,16-18H,12-15H2,1-5H3. The average molecular weight is 433 g/mol. The Balaban J connectivity index is 1.76. The van der Waals surface area contributed by atoms with Crippen LogP contribution in [-0.2, 0) is 9.59 Å². The number of benzene rings is 2. The first kappa shape index (κ1) is 22.1. The highest BCUT2D eigenvalue weighted by Crippen LogP contribution is 2.37. The lowest BCUT2D eigenvalue weighted by Crippen LogP contribution is -2.38. The zero-order valence-electron chi connectivity index (χ0n) is 19.6. The second-order valence-corrected chi connectivity index (χ2v) is 9.30. The molecule has 0 saturated carbocycles. The van der Waals surface area contributed by atoms with Gasteiger partial charge in [-0.1, -0.05) is 25.1 Å². The van der Waals surface area contributed by atoms with Crippen molar-refractivity contribution in [1.82, 2.24) is 4.90 Å². The van der Waals surface area contributed by atoms with E-state index in [4.69, 9.17) is 4.74 Å². The summed E-state index contributed by atoms with van der Waals surface area (Å²) in [7, 11) is 0. The molecule has 2 aliphatic heterocycles. The highest BCUT2D eigenvalue weighted by atomic mass is 16.5. The van der Waals surface area contributed by atoms with Crippen molar-refractivity contribution in [3.05, 3.63) is 64.9 Å². The molecular weight excluding hydrogens is 400 g/mol. The quantitative estimate of drug-likeness (QED) is 0.617. The predicted molar refractivity (Wildman–Crippen MR) is 128 cm³/mol. The zero-order valence-corrected chi connectivity index (χ0v) is 19.6. The van der Waals surface area contributed by atoms with E-state index in [2.05, 4.69) is 11.8 Å². The van der Waals surface area contributed by atoms with Crippen molar-refractivity contribution in [2.75, 3.05) is 18.0 Å². The van der Waals surface area contributed by atoms with Crippen LogP contribution in [0.2, 0.25) is 0 Å². The van der Waals surface area contributed by atoms with Gasteiger partial charge in [0.2, 0.25) is 0 Å². The van der Waals surface area contributed by atoms with Crippen LogP contribution in [0.1, 0.15) is 50.3 Å². The summed E-state index contributed by atoms with van der Waals surface area (Å²) in [6.45, 7) is 11.8. The third kappa shape index (κ3) is 4.16. The van der Waals surface area contributed by atoms with Crippen LogP contribution >= 0.6 is 0 Å². The van der Waals surface area contributed by atoms with Gasteiger partial charge in [-0.15, -0.1) is 0 Å². The molecule has 1 fully saturated rings. The summed E-state index contributed by atoms with van der Waals surface area (Å²) in [5, 5.41) is 0. The number of hydrogen-bond donors (Lipinski definition) is 0. The molecule has 0 bridgehead atoms. The Morgan fingerprint density at radius 2 is 1.56 bits per heavy atom. The van der Waals surface area contributed by atoms with Crippen LogP contribution in [0.4, 0.5) is 5.69 Å². The SMILES string of the molecule is Cc1ccc(N2C(=O)C(c3ccc(OC(C)C)cc3)=C(N3CCC(C)CC3)C2=O)cc1C. The van der Waals surface area contributed by atoms with Crippen molar-refractivity contribution >= 4 is 23.1 Å². The van der Waals surface area contributed by atoms with Crippen LogP contribution in [0.5, 0.6) is 5.75 Å². The van der Waals surface area contributed by atoms with Gasteiger partial charge in [-0.05, 0) is 87.4 Å². The Hall–Kier alpha value is -3.08. The van der Waals surface area contributed by atoms with E-state index in [0.29, 0.717) is 22.9 Å². The molecule has 5 nitrogen and oxygen atoms in total. The van der Waals surface area contributed by atoms with E-state index >= 15 is 0 Å². The summed E-state index contributed by atoms with van der Waals surface area (Å²) in [6.07, 6.45) is 2.10. The van der Waals surface area contributed by atoms with Gasteiger partial charge >= 0.3 is 0 Å². The number of carbonyl (C=O) groups excluding carboxylic acids is 2. The summed E-state index contributed by atoms with van der Waals surface area (Å²) < 4.78 is 5.76. The Kier molecular flexibility index (Phi) is 6.09. The zero-order chi connectivity index (χ0) is 23.0. The van der Waals surface area contributed by atoms with Gasteiger partial charge in [0.25, 0.3) is 11.8 Å². The summed E-state index contributed by atoms with van der Waals surface area (Å²) >= 11 is 0. The molecule has 0 unspecified atom stereocenters. The van der Waals surface area contributed by atoms with Gasteiger partial charge < -0.3 is 9.64 Å². The molecule has 2 aromatic carbocycles. The number of piperidine rings is 1. The van der Waals surface area contributed by atoms with E-state index in [0.717, 1.165) is 48.4 Å². The van der Waals surface area contributed by atoms with E-state index in [1.54, 1.807) is 0 Å². The van der Waals surface area contributed by atoms with Gasteiger partial charge in [-0.25, -0.2) is 4.90 Å². The third-order valence-corrected chi connectivity index (χ3v) is 6.42. The number of carbonyl (C=O) groups is 2. The fourth-order valence-corrected chi connectivity index (χ4v) is 4.38. The average Bonchev–Trinajstić information content (AvgIpc) is 3.01. The summed E-state index contributed by atoms with van der Waals surface area (Å²) in [4.78, 5) is 30.8. The van der Waals surface area contributed by atoms with Crippen LogP contribution < -0.4 is 9.64 Å². The fourth-order valence-electron chi connectivity index (χ4n) is 4.38. The summed E-state index contributed by atoms with van der Waals surface area (Å²) in [5.41, 5.74) is 4.57. The molecule has 0 N–H and O–H groups in total. The molecular formula is C27H32N2O3. The fraction of sp³-hybridized carbons (Fsp3) is 0.407. The number of aryl methyl sites for hydroxylation is 2. The minimum atomic E-state index is -0.260. The van der Waals surface area contributed by atoms with E-state index < -0.39 is 0 Å². The second kappa shape index (κ2) is 8.81. The lowest BCUT2D eigenvalue weighted by molar-refractivity contribution is -0.120. The first-order valence-electron chi connectivity index (χ1n) is 11.5. The van der Waals surface area contributed by atoms with Crippen molar-refractivity contribution in [2.24, 2.45) is 5.92 Å². The molecule has 1 saturated heterocycles. The maximum Gasteiger partial charge on any atom is 0.282 e. The topological polar surface area (TPSA) is 49.9 Å². The summed E-state index contributed by atoms with van der Waals surface area (Å²) in [5.74, 6) is 0.890. The van der Waals surface area contributed by atoms with Crippen LogP contribution in [0.25, 0.3) is 5.57 Å². The van der Waals surface area contributed by atoms with Crippen molar-refractivity contribution < 1.29 is 14.3 Å². The number of nitrogens with zero attached hydrogens (tertiary/aromatic N) is 2. The van der Waals surface area contributed by atoms with Crippen molar-refractivity contribution in [1.29, 1.82) is 0 Å². The molecule has 0 aliphatic carbocycles. The van der Waals surface area contributed by atoms with Crippen LogP contribution in [0.15, 0.2) is 48.2 Å². The van der Waals surface area contributed by atoms with E-state index in [1.807, 2.05) is 70.2 Å². The largest absolute Gasteiger partial charge is 0.491 e. The van der Waals surface area contributed by atoms with Gasteiger partial charge in [0.1, 0.15) is 11.4 Å². The Morgan fingerprint density at radius 3 is 2.16 bits per heavy atom. The monoisotopic (exact) mass is 432 g/mol. The third-order valence-electron chi connectivity index (χ3n) is 6.42. The smallest absolute Gasteiger partial charge is 0.282 e. The number of likely N-dealkylation sites (tertiary alicyclic amines) is 1. The molecule has 2 amide bonds. The molecule has 0 spiro atoms. The number of ether oxygens (including phenoxy) is 1. The summed E-state index contributed by atoms with van der Waals surface area (Å²) in [6, 6.07) is 13.2. The van der Waals surface area contributed by atoms with Crippen molar-refractivity contribution in [3.8, 4) is 5.75 Å². The van der Waals surface area contributed by atoms with Crippen LogP contribution in [-0.4, -0.2) is 35.9 Å². The first-order valence-corrected chi connectivity index (χ1v) is 11.5. The molecule has 168 valence electrons. The molecule has 0 aromatic heterocycles. The molecule has 5 heteroatoms. The highest BCUT2D eigenvalue weighted by Gasteiger charge is 2.43. The van der Waals surface area contributed by atoms with Gasteiger partial charge in [0.05, 0.1) is 17.4 Å². The van der Waals surface area contributed by atoms with Gasteiger partial charge in [-0.3, -0.25) is 9.59 Å². The van der Waals surface area contributed by atoms with Gasteiger partial charge in [0.15, 0.2) is 0 Å². The minimum absolute atomic E-state index is 0.0703. The van der Waals surface area contributed by atoms with E-state index in [9.17, 15) is 9.59 Å². The van der Waals surface area contributed by atoms with Crippen molar-refractivity contribution in [2.45, 2.75) is 53.6 Å². The number of rotatable bonds is 5. The van der Waals surface area contributed by atoms with Gasteiger partial charge in [0, 0.05) is 13.1 Å². The van der Waals surface area contributed by atoms with Crippen molar-refractivity contribution in [3.63, 3.8) is 0 Å². The Bertz CT molecular complexity index is 1060. The maximum atomic E-state index is 13.7. The maximum absolute atomic E-state index is 13.7. The number of amides is 2. The minimum Gasteiger partial charge on any atom is -0.491 e. The molecule has 4 rings (SSSR count). The number of hydrogen-bond acceptors (Lipinski definition) is 4. The molecule has 32 heavy (non-hydrogen) atoms. The van der Waals surface area contributed by atoms with E-state index in [-0.39, 0.29) is 17.9 Å². The molecule has 2 aromatic rings. The van der Waals surface area contributed by atoms with Crippen LogP contribution in [0, 0.1) is 19.8 Å². The Labute approximate surface area is 190 Å². The van der Waals surface area contributed by atoms with E-state index in [1.165, 1.54) is 4.90 Å². The molecule has 2 aliphatic rings. The predicted octanol–water partition coefficient (Wildman–Crippen LogP) is 5.11. The number of imide groups is 1. The molecule has 2 heterocycles. The lowest BCUT2D eigenvalue weighted by Gasteiger charge is -2.32. The molecule has 0 radical (unpaired) electrons. The van der Waals surface area contributed by atoms with Gasteiger partial charge in [-0.2, -0.15) is 0 Å². The number of anilines is 1. The molecule has 0 atom stereocenters. The lowest BCUT2D eigenvalue weighted by atomic mass is 9.97. The first-order chi connectivity index (χ1) is 15.3. The van der Waals surface area contributed by atoms with Crippen LogP contribution in [0.3, 0.4) is 0 Å².